The second-order valence-corrected chi connectivity index (χ2v) is 2.52. The number of ether oxygens (including phenoxy) is 1. The van der Waals surface area contributed by atoms with Crippen molar-refractivity contribution >= 4 is 5.97 Å². The first-order valence-electron chi connectivity index (χ1n) is 3.95. The van der Waals surface area contributed by atoms with E-state index in [-0.39, 0.29) is 5.69 Å². The highest BCUT2D eigenvalue weighted by atomic mass is 16.5. The third kappa shape index (κ3) is 1.77. The summed E-state index contributed by atoms with van der Waals surface area (Å²) in [5.41, 5.74) is 0.548. The highest BCUT2D eigenvalue weighted by Crippen LogP contribution is 2.09. The summed E-state index contributed by atoms with van der Waals surface area (Å²) in [5, 5.41) is 13.1. The number of aromatic amines is 1. The van der Waals surface area contributed by atoms with Gasteiger partial charge in [0.25, 0.3) is 0 Å². The lowest BCUT2D eigenvalue weighted by atomic mass is 10.3. The van der Waals surface area contributed by atoms with E-state index in [0.29, 0.717) is 11.5 Å². The van der Waals surface area contributed by atoms with Crippen molar-refractivity contribution in [3.63, 3.8) is 0 Å². The lowest BCUT2D eigenvalue weighted by Crippen LogP contribution is -2.05. The summed E-state index contributed by atoms with van der Waals surface area (Å²) in [4.78, 5) is 18.8. The lowest BCUT2D eigenvalue weighted by molar-refractivity contribution is 0.0594. The van der Waals surface area contributed by atoms with E-state index in [4.69, 9.17) is 0 Å². The van der Waals surface area contributed by atoms with E-state index < -0.39 is 5.97 Å². The summed E-state index contributed by atoms with van der Waals surface area (Å²) < 4.78 is 4.52. The van der Waals surface area contributed by atoms with Crippen LogP contribution in [0.25, 0.3) is 11.5 Å². The molecule has 1 N–H and O–H groups in total. The van der Waals surface area contributed by atoms with Gasteiger partial charge in [-0.15, -0.1) is 10.2 Å². The number of hydrogen-bond acceptors (Lipinski definition) is 7. The maximum atomic E-state index is 11.2. The van der Waals surface area contributed by atoms with E-state index in [9.17, 15) is 4.79 Å². The van der Waals surface area contributed by atoms with Gasteiger partial charge in [-0.2, -0.15) is 5.21 Å². The Bertz CT molecular complexity index is 468. The first-order valence-corrected chi connectivity index (χ1v) is 3.95. The fourth-order valence-electron chi connectivity index (χ4n) is 0.966. The highest BCUT2D eigenvalue weighted by Gasteiger charge is 2.11. The number of esters is 1. The molecule has 0 aliphatic heterocycles. The van der Waals surface area contributed by atoms with Gasteiger partial charge in [0.2, 0.25) is 5.82 Å². The van der Waals surface area contributed by atoms with Crippen LogP contribution in [-0.2, 0) is 4.74 Å². The van der Waals surface area contributed by atoms with Crippen molar-refractivity contribution in [2.24, 2.45) is 0 Å². The number of nitrogens with one attached hydrogen (secondary N) is 1. The van der Waals surface area contributed by atoms with E-state index in [0.717, 1.165) is 0 Å². The molecule has 0 unspecified atom stereocenters. The summed E-state index contributed by atoms with van der Waals surface area (Å²) in [6.45, 7) is 0. The summed E-state index contributed by atoms with van der Waals surface area (Å²) in [7, 11) is 1.28. The zero-order valence-corrected chi connectivity index (χ0v) is 7.71. The van der Waals surface area contributed by atoms with Crippen molar-refractivity contribution in [1.29, 1.82) is 0 Å². The van der Waals surface area contributed by atoms with E-state index in [1.54, 1.807) is 0 Å². The van der Waals surface area contributed by atoms with Crippen molar-refractivity contribution in [3.8, 4) is 11.5 Å². The molecule has 2 aromatic rings. The topological polar surface area (TPSA) is 107 Å². The average molecular weight is 206 g/mol. The Morgan fingerprint density at radius 3 is 3.00 bits per heavy atom. The van der Waals surface area contributed by atoms with Gasteiger partial charge in [0.1, 0.15) is 12.0 Å². The number of carbonyl (C=O) groups is 1. The normalized spacial score (nSPS) is 9.93. The van der Waals surface area contributed by atoms with E-state index >= 15 is 0 Å². The number of aromatic nitrogens is 6. The number of nitrogens with zero attached hydrogens (tertiary/aromatic N) is 5. The molecule has 0 aromatic carbocycles. The molecular weight excluding hydrogens is 200 g/mol. The molecule has 0 fully saturated rings. The third-order valence-electron chi connectivity index (χ3n) is 1.64. The van der Waals surface area contributed by atoms with Crippen LogP contribution in [-0.4, -0.2) is 43.7 Å². The number of hydrogen-bond donors (Lipinski definition) is 1. The van der Waals surface area contributed by atoms with Gasteiger partial charge in [-0.05, 0) is 5.21 Å². The Morgan fingerprint density at radius 1 is 1.47 bits per heavy atom. The Labute approximate surface area is 83.7 Å². The van der Waals surface area contributed by atoms with E-state index in [1.165, 1.54) is 19.5 Å². The molecule has 8 heteroatoms. The average Bonchev–Trinajstić information content (AvgIpc) is 2.82. The standard InChI is InChI=1S/C7H6N6O2/c1-15-7(14)5-2-4(8-3-9-5)6-10-12-13-11-6/h2-3H,1H3,(H,10,11,12,13). The van der Waals surface area contributed by atoms with Crippen LogP contribution in [0.3, 0.4) is 0 Å². The molecule has 0 aliphatic carbocycles. The monoisotopic (exact) mass is 206 g/mol. The summed E-state index contributed by atoms with van der Waals surface area (Å²) >= 11 is 0. The van der Waals surface area contributed by atoms with Crippen molar-refractivity contribution in [3.05, 3.63) is 18.1 Å². The van der Waals surface area contributed by atoms with E-state index in [2.05, 4.69) is 35.3 Å². The quantitative estimate of drug-likeness (QED) is 0.656. The largest absolute Gasteiger partial charge is 0.464 e. The third-order valence-corrected chi connectivity index (χ3v) is 1.64. The van der Waals surface area contributed by atoms with Gasteiger partial charge in [0.05, 0.1) is 7.11 Å². The number of H-pyrrole nitrogens is 1. The van der Waals surface area contributed by atoms with Gasteiger partial charge < -0.3 is 4.74 Å². The van der Waals surface area contributed by atoms with Gasteiger partial charge in [-0.25, -0.2) is 14.8 Å². The summed E-state index contributed by atoms with van der Waals surface area (Å²) in [5.74, 6) is -0.246. The Balaban J connectivity index is 2.39. The van der Waals surface area contributed by atoms with Gasteiger partial charge in [-0.3, -0.25) is 0 Å². The SMILES string of the molecule is COC(=O)c1cc(-c2nn[nH]n2)ncn1. The van der Waals surface area contributed by atoms with Crippen LogP contribution in [0.15, 0.2) is 12.4 Å². The molecule has 2 heterocycles. The van der Waals surface area contributed by atoms with Crippen LogP contribution in [0.2, 0.25) is 0 Å². The second kappa shape index (κ2) is 3.78. The zero-order valence-electron chi connectivity index (χ0n) is 7.71. The van der Waals surface area contributed by atoms with Gasteiger partial charge >= 0.3 is 5.97 Å². The van der Waals surface area contributed by atoms with Crippen LogP contribution < -0.4 is 0 Å². The molecule has 15 heavy (non-hydrogen) atoms. The molecule has 0 saturated carbocycles. The predicted molar refractivity (Wildman–Crippen MR) is 46.5 cm³/mol. The fourth-order valence-corrected chi connectivity index (χ4v) is 0.966. The number of rotatable bonds is 2. The molecule has 0 amide bonds. The van der Waals surface area contributed by atoms with Crippen molar-refractivity contribution in [2.45, 2.75) is 0 Å². The molecule has 0 spiro atoms. The molecule has 0 atom stereocenters. The zero-order chi connectivity index (χ0) is 10.7. The molecule has 0 saturated heterocycles. The van der Waals surface area contributed by atoms with Crippen molar-refractivity contribution in [2.75, 3.05) is 7.11 Å². The maximum absolute atomic E-state index is 11.2. The molecule has 0 bridgehead atoms. The summed E-state index contributed by atoms with van der Waals surface area (Å²) in [6.07, 6.45) is 1.23. The highest BCUT2D eigenvalue weighted by molar-refractivity contribution is 5.87. The second-order valence-electron chi connectivity index (χ2n) is 2.52. The lowest BCUT2D eigenvalue weighted by Gasteiger charge is -1.98. The number of methoxy groups -OCH3 is 1. The van der Waals surface area contributed by atoms with Crippen LogP contribution in [0.5, 0.6) is 0 Å². The van der Waals surface area contributed by atoms with Crippen molar-refractivity contribution < 1.29 is 9.53 Å². The predicted octanol–water partition coefficient (Wildman–Crippen LogP) is -0.557. The van der Waals surface area contributed by atoms with Crippen LogP contribution in [0.4, 0.5) is 0 Å². The van der Waals surface area contributed by atoms with Gasteiger partial charge in [-0.1, -0.05) is 0 Å². The minimum atomic E-state index is -0.540. The first-order chi connectivity index (χ1) is 7.31. The minimum Gasteiger partial charge on any atom is -0.464 e. The molecule has 0 radical (unpaired) electrons. The Morgan fingerprint density at radius 2 is 2.33 bits per heavy atom. The smallest absolute Gasteiger partial charge is 0.356 e. The summed E-state index contributed by atoms with van der Waals surface area (Å²) in [6, 6.07) is 1.43. The molecule has 76 valence electrons. The molecule has 8 nitrogen and oxygen atoms in total. The Kier molecular flexibility index (Phi) is 2.31. The molecular formula is C7H6N6O2. The van der Waals surface area contributed by atoms with Gasteiger partial charge in [0, 0.05) is 6.07 Å². The minimum absolute atomic E-state index is 0.146. The molecule has 2 rings (SSSR count). The van der Waals surface area contributed by atoms with Crippen molar-refractivity contribution in [1.82, 2.24) is 30.6 Å². The van der Waals surface area contributed by atoms with Crippen LogP contribution in [0.1, 0.15) is 10.5 Å². The first kappa shape index (κ1) is 9.19. The Hall–Kier alpha value is -2.38. The maximum Gasteiger partial charge on any atom is 0.356 e. The van der Waals surface area contributed by atoms with E-state index in [1.807, 2.05) is 0 Å². The fraction of sp³-hybridized carbons (Fsp3) is 0.143. The molecule has 0 aliphatic rings. The molecule has 2 aromatic heterocycles. The number of tetrazole rings is 1. The number of carbonyl (C=O) groups excluding carboxylic acids is 1. The van der Waals surface area contributed by atoms with Crippen LogP contribution in [0, 0.1) is 0 Å². The van der Waals surface area contributed by atoms with Crippen LogP contribution >= 0.6 is 0 Å². The van der Waals surface area contributed by atoms with Gasteiger partial charge in [0.15, 0.2) is 5.69 Å².